The lowest BCUT2D eigenvalue weighted by molar-refractivity contribution is 0.177. The topological polar surface area (TPSA) is 18.5 Å². The third kappa shape index (κ3) is 4.59. The van der Waals surface area contributed by atoms with Gasteiger partial charge in [0.25, 0.3) is 0 Å². The van der Waals surface area contributed by atoms with Crippen LogP contribution >= 0.6 is 0 Å². The quantitative estimate of drug-likeness (QED) is 0.586. The second kappa shape index (κ2) is 9.20. The minimum absolute atomic E-state index is 0.00372. The van der Waals surface area contributed by atoms with Crippen molar-refractivity contribution in [2.75, 3.05) is 6.61 Å². The smallest absolute Gasteiger partial charge is 0.204 e. The van der Waals surface area contributed by atoms with Gasteiger partial charge in [0.05, 0.1) is 12.7 Å². The highest BCUT2D eigenvalue weighted by Crippen LogP contribution is 2.39. The Kier molecular flexibility index (Phi) is 6.96. The van der Waals surface area contributed by atoms with E-state index < -0.39 is 11.6 Å². The number of aryl methyl sites for hydroxylation is 1. The van der Waals surface area contributed by atoms with Gasteiger partial charge in [0.1, 0.15) is 0 Å². The van der Waals surface area contributed by atoms with E-state index in [0.29, 0.717) is 6.61 Å². The van der Waals surface area contributed by atoms with E-state index in [0.717, 1.165) is 35.9 Å². The molecule has 2 nitrogen and oxygen atoms in total. The average Bonchev–Trinajstić information content (AvgIpc) is 2.66. The molecule has 1 aromatic rings. The molecule has 0 radical (unpaired) electrons. The van der Waals surface area contributed by atoms with Crippen LogP contribution < -0.4 is 9.47 Å². The molecule has 1 aliphatic heterocycles. The van der Waals surface area contributed by atoms with Gasteiger partial charge in [-0.25, -0.2) is 0 Å². The summed E-state index contributed by atoms with van der Waals surface area (Å²) in [4.78, 5) is 0. The first-order valence-electron chi connectivity index (χ1n) is 10.4. The van der Waals surface area contributed by atoms with E-state index in [4.69, 9.17) is 9.47 Å². The van der Waals surface area contributed by atoms with E-state index >= 15 is 0 Å². The molecule has 0 spiro atoms. The second-order valence-electron chi connectivity index (χ2n) is 7.96. The Morgan fingerprint density at radius 3 is 2.58 bits per heavy atom. The molecule has 1 saturated carbocycles. The molecule has 0 aromatic heterocycles. The van der Waals surface area contributed by atoms with Gasteiger partial charge in [-0.3, -0.25) is 0 Å². The number of fused-ring (bicyclic) bond motifs is 1. The Hall–Kier alpha value is -1.10. The normalized spacial score (nSPS) is 25.9. The van der Waals surface area contributed by atoms with Gasteiger partial charge in [-0.1, -0.05) is 51.0 Å². The Balaban J connectivity index is 1.53. The summed E-state index contributed by atoms with van der Waals surface area (Å²) in [5.74, 6) is -0.721. The molecule has 2 aliphatic rings. The molecular weight excluding hydrogens is 350 g/mol. The first-order chi connectivity index (χ1) is 12.6. The molecule has 1 heterocycles. The lowest BCUT2D eigenvalue weighted by atomic mass is 9.86. The highest BCUT2D eigenvalue weighted by molar-refractivity contribution is 6.37. The van der Waals surface area contributed by atoms with Gasteiger partial charge in [-0.05, 0) is 37.8 Å². The molecule has 1 fully saturated rings. The summed E-state index contributed by atoms with van der Waals surface area (Å²) in [7, 11) is -0.220. The number of hydrogen-bond donors (Lipinski definition) is 0. The second-order valence-corrected chi connectivity index (χ2v) is 10.3. The Labute approximate surface area is 158 Å². The molecule has 0 amide bonds. The van der Waals surface area contributed by atoms with E-state index in [9.17, 15) is 8.78 Å². The molecule has 146 valence electrons. The van der Waals surface area contributed by atoms with Crippen molar-refractivity contribution in [2.45, 2.75) is 82.9 Å². The van der Waals surface area contributed by atoms with Crippen LogP contribution in [0.5, 0.6) is 11.5 Å². The zero-order valence-corrected chi connectivity index (χ0v) is 17.6. The maximum atomic E-state index is 14.4. The van der Waals surface area contributed by atoms with Gasteiger partial charge < -0.3 is 9.47 Å². The summed E-state index contributed by atoms with van der Waals surface area (Å²) in [5.41, 5.74) is 1.65. The summed E-state index contributed by atoms with van der Waals surface area (Å²) < 4.78 is 39.6. The minimum atomic E-state index is -0.919. The first kappa shape index (κ1) is 19.7. The van der Waals surface area contributed by atoms with Gasteiger partial charge in [-0.2, -0.15) is 8.78 Å². The zero-order chi connectivity index (χ0) is 18.5. The van der Waals surface area contributed by atoms with E-state index in [-0.39, 0.29) is 27.1 Å². The number of halogens is 2. The van der Waals surface area contributed by atoms with Crippen LogP contribution in [0.4, 0.5) is 8.78 Å². The lowest BCUT2D eigenvalue weighted by Crippen LogP contribution is -2.27. The molecule has 1 unspecified atom stereocenters. The maximum Gasteiger partial charge on any atom is 0.204 e. The highest BCUT2D eigenvalue weighted by atomic mass is 28.2. The molecule has 0 bridgehead atoms. The summed E-state index contributed by atoms with van der Waals surface area (Å²) in [5, 5.41) is 0. The van der Waals surface area contributed by atoms with Crippen LogP contribution in [0, 0.1) is 17.6 Å². The Morgan fingerprint density at radius 1 is 1.12 bits per heavy atom. The van der Waals surface area contributed by atoms with E-state index in [1.54, 1.807) is 13.0 Å². The molecule has 1 aliphatic carbocycles. The fraction of sp³-hybridized carbons (Fsp3) is 0.714. The third-order valence-electron chi connectivity index (χ3n) is 6.09. The molecule has 0 N–H and O–H groups in total. The first-order valence-corrected chi connectivity index (χ1v) is 12.2. The van der Waals surface area contributed by atoms with Crippen molar-refractivity contribution >= 4 is 9.52 Å². The average molecular weight is 383 g/mol. The Morgan fingerprint density at radius 2 is 1.88 bits per heavy atom. The van der Waals surface area contributed by atoms with Crippen LogP contribution in [0.2, 0.25) is 11.6 Å². The fourth-order valence-corrected chi connectivity index (χ4v) is 6.89. The monoisotopic (exact) mass is 382 g/mol. The van der Waals surface area contributed by atoms with Gasteiger partial charge in [0.15, 0.2) is 11.5 Å². The number of hydrogen-bond acceptors (Lipinski definition) is 2. The van der Waals surface area contributed by atoms with Crippen LogP contribution in [0.3, 0.4) is 0 Å². The van der Waals surface area contributed by atoms with Crippen molar-refractivity contribution in [1.29, 1.82) is 0 Å². The maximum absolute atomic E-state index is 14.4. The summed E-state index contributed by atoms with van der Waals surface area (Å²) in [6.45, 7) is 4.37. The van der Waals surface area contributed by atoms with Crippen molar-refractivity contribution < 1.29 is 18.3 Å². The SMILES string of the molecule is CCCC1CCC([SiH2]CC2CCc3cc(OCC)c(F)c(F)c3O2)CC1. The fourth-order valence-electron chi connectivity index (χ4n) is 4.59. The van der Waals surface area contributed by atoms with Gasteiger partial charge in [-0.15, -0.1) is 0 Å². The summed E-state index contributed by atoms with van der Waals surface area (Å²) in [6, 6.07) is 2.69. The molecule has 5 heteroatoms. The van der Waals surface area contributed by atoms with Gasteiger partial charge >= 0.3 is 0 Å². The van der Waals surface area contributed by atoms with Crippen molar-refractivity contribution in [1.82, 2.24) is 0 Å². The zero-order valence-electron chi connectivity index (χ0n) is 16.2. The van der Waals surface area contributed by atoms with Crippen molar-refractivity contribution in [3.05, 3.63) is 23.3 Å². The van der Waals surface area contributed by atoms with Crippen molar-refractivity contribution in [3.63, 3.8) is 0 Å². The van der Waals surface area contributed by atoms with Crippen LogP contribution in [0.25, 0.3) is 0 Å². The summed E-state index contributed by atoms with van der Waals surface area (Å²) >= 11 is 0. The molecule has 1 aromatic carbocycles. The Bertz CT molecular complexity index is 600. The molecular formula is C21H32F2O2Si. The van der Waals surface area contributed by atoms with Crippen molar-refractivity contribution in [3.8, 4) is 11.5 Å². The minimum Gasteiger partial charge on any atom is -0.491 e. The van der Waals surface area contributed by atoms with Crippen LogP contribution in [0.15, 0.2) is 6.07 Å². The number of ether oxygens (including phenoxy) is 2. The highest BCUT2D eigenvalue weighted by Gasteiger charge is 2.29. The molecule has 26 heavy (non-hydrogen) atoms. The molecule has 3 rings (SSSR count). The predicted octanol–water partition coefficient (Wildman–Crippen LogP) is 5.42. The summed E-state index contributed by atoms with van der Waals surface area (Å²) in [6.07, 6.45) is 9.92. The van der Waals surface area contributed by atoms with E-state index in [2.05, 4.69) is 6.92 Å². The predicted molar refractivity (Wildman–Crippen MR) is 104 cm³/mol. The van der Waals surface area contributed by atoms with Gasteiger partial charge in [0, 0.05) is 15.1 Å². The van der Waals surface area contributed by atoms with E-state index in [1.165, 1.54) is 38.5 Å². The third-order valence-corrected chi connectivity index (χ3v) is 8.70. The van der Waals surface area contributed by atoms with E-state index in [1.807, 2.05) is 0 Å². The van der Waals surface area contributed by atoms with Gasteiger partial charge in [0.2, 0.25) is 11.6 Å². The molecule has 1 atom stereocenters. The standard InChI is InChI=1S/C21H32F2O2Si/c1-3-5-14-6-10-17(11-7-14)26-13-16-9-8-15-12-18(24-4-2)19(22)20(23)21(15)25-16/h12,14,16-17H,3-11,13,26H2,1-2H3. The van der Waals surface area contributed by atoms with Crippen LogP contribution in [0.1, 0.15) is 64.4 Å². The largest absolute Gasteiger partial charge is 0.491 e. The molecule has 0 saturated heterocycles. The van der Waals surface area contributed by atoms with Crippen LogP contribution in [-0.2, 0) is 6.42 Å². The number of benzene rings is 1. The van der Waals surface area contributed by atoms with Crippen molar-refractivity contribution in [2.24, 2.45) is 5.92 Å². The number of rotatable bonds is 7. The van der Waals surface area contributed by atoms with Crippen LogP contribution in [-0.4, -0.2) is 22.2 Å². The lowest BCUT2D eigenvalue weighted by Gasteiger charge is -2.31.